The largest absolute Gasteiger partial charge is 0.308 e. The molecule has 13 heavy (non-hydrogen) atoms. The number of Topliss-reactive ketones (excluding diaryl/α,β-unsaturated/α-hetero) is 1. The predicted octanol–water partition coefficient (Wildman–Crippen LogP) is 1.06. The molecule has 1 aromatic rings. The minimum atomic E-state index is 0.00727. The summed E-state index contributed by atoms with van der Waals surface area (Å²) in [5.41, 5.74) is 0. The number of hydrogen-bond donors (Lipinski definition) is 0. The van der Waals surface area contributed by atoms with Crippen molar-refractivity contribution in [2.75, 3.05) is 0 Å². The van der Waals surface area contributed by atoms with Crippen molar-refractivity contribution in [3.05, 3.63) is 11.6 Å². The van der Waals surface area contributed by atoms with E-state index in [0.717, 1.165) is 25.2 Å². The molecular weight excluding hydrogens is 166 g/mol. The highest BCUT2D eigenvalue weighted by atomic mass is 16.1. The smallest absolute Gasteiger partial charge is 0.199 e. The first-order valence-electron chi connectivity index (χ1n) is 4.61. The van der Waals surface area contributed by atoms with Crippen LogP contribution in [-0.2, 0) is 13.0 Å². The van der Waals surface area contributed by atoms with Gasteiger partial charge in [-0.2, -0.15) is 0 Å². The van der Waals surface area contributed by atoms with E-state index in [2.05, 4.69) is 17.1 Å². The van der Waals surface area contributed by atoms with Gasteiger partial charge >= 0.3 is 0 Å². The summed E-state index contributed by atoms with van der Waals surface area (Å²) in [5, 5.41) is 7.90. The van der Waals surface area contributed by atoms with E-state index in [4.69, 9.17) is 0 Å². The van der Waals surface area contributed by atoms with Gasteiger partial charge in [-0.05, 0) is 12.3 Å². The summed E-state index contributed by atoms with van der Waals surface area (Å²) in [6.07, 6.45) is 2.09. The van der Waals surface area contributed by atoms with Crippen LogP contribution in [0.4, 0.5) is 0 Å². The fourth-order valence-corrected chi connectivity index (χ4v) is 1.75. The van der Waals surface area contributed by atoms with Gasteiger partial charge in [-0.3, -0.25) is 4.79 Å². The Morgan fingerprint density at radius 2 is 2.31 bits per heavy atom. The van der Waals surface area contributed by atoms with Gasteiger partial charge in [-0.25, -0.2) is 0 Å². The fraction of sp³-hybridized carbons (Fsp3) is 0.667. The first-order chi connectivity index (χ1) is 6.18. The minimum absolute atomic E-state index is 0.00727. The van der Waals surface area contributed by atoms with Crippen LogP contribution in [0.1, 0.15) is 36.7 Å². The quantitative estimate of drug-likeness (QED) is 0.606. The molecular formula is C9H13N3O. The van der Waals surface area contributed by atoms with E-state index in [1.807, 2.05) is 4.57 Å². The van der Waals surface area contributed by atoms with Crippen LogP contribution >= 0.6 is 0 Å². The van der Waals surface area contributed by atoms with Gasteiger partial charge in [-0.15, -0.1) is 10.2 Å². The van der Waals surface area contributed by atoms with Gasteiger partial charge in [0.25, 0.3) is 0 Å². The molecule has 2 heterocycles. The standard InChI is InChI=1S/C9H13N3O/c1-6-3-4-8-10-11-9(7(2)13)12(8)5-6/h6H,3-5H2,1-2H3. The van der Waals surface area contributed by atoms with Gasteiger partial charge in [-0.1, -0.05) is 6.92 Å². The molecule has 1 aliphatic rings. The number of rotatable bonds is 1. The highest BCUT2D eigenvalue weighted by Crippen LogP contribution is 2.19. The van der Waals surface area contributed by atoms with Gasteiger partial charge in [0, 0.05) is 19.9 Å². The number of aryl methyl sites for hydroxylation is 1. The van der Waals surface area contributed by atoms with Crippen LogP contribution in [0.5, 0.6) is 0 Å². The number of fused-ring (bicyclic) bond motifs is 1. The molecule has 2 rings (SSSR count). The predicted molar refractivity (Wildman–Crippen MR) is 47.5 cm³/mol. The van der Waals surface area contributed by atoms with E-state index in [0.29, 0.717) is 11.7 Å². The first kappa shape index (κ1) is 8.41. The van der Waals surface area contributed by atoms with E-state index in [1.165, 1.54) is 6.92 Å². The Morgan fingerprint density at radius 1 is 1.54 bits per heavy atom. The molecule has 0 aliphatic carbocycles. The molecule has 0 N–H and O–H groups in total. The number of carbonyl (C=O) groups excluding carboxylic acids is 1. The van der Waals surface area contributed by atoms with Crippen LogP contribution in [0.2, 0.25) is 0 Å². The summed E-state index contributed by atoms with van der Waals surface area (Å²) in [7, 11) is 0. The molecule has 1 aromatic heterocycles. The Kier molecular flexibility index (Phi) is 1.90. The molecule has 4 nitrogen and oxygen atoms in total. The molecule has 0 radical (unpaired) electrons. The molecule has 4 heteroatoms. The van der Waals surface area contributed by atoms with Crippen LogP contribution in [-0.4, -0.2) is 20.5 Å². The van der Waals surface area contributed by atoms with Crippen LogP contribution in [0, 0.1) is 5.92 Å². The Morgan fingerprint density at radius 3 is 3.00 bits per heavy atom. The second kappa shape index (κ2) is 2.94. The van der Waals surface area contributed by atoms with Crippen molar-refractivity contribution in [1.82, 2.24) is 14.8 Å². The lowest BCUT2D eigenvalue weighted by atomic mass is 10.0. The van der Waals surface area contributed by atoms with Crippen molar-refractivity contribution in [1.29, 1.82) is 0 Å². The van der Waals surface area contributed by atoms with E-state index in [-0.39, 0.29) is 5.78 Å². The SMILES string of the molecule is CC(=O)c1nnc2n1CC(C)CC2. The van der Waals surface area contributed by atoms with Gasteiger partial charge in [0.15, 0.2) is 11.6 Å². The number of aromatic nitrogens is 3. The van der Waals surface area contributed by atoms with E-state index < -0.39 is 0 Å². The van der Waals surface area contributed by atoms with Crippen LogP contribution in [0.3, 0.4) is 0 Å². The zero-order valence-corrected chi connectivity index (χ0v) is 7.95. The summed E-state index contributed by atoms with van der Waals surface area (Å²) in [5.74, 6) is 2.11. The number of carbonyl (C=O) groups is 1. The Balaban J connectivity index is 2.41. The molecule has 70 valence electrons. The first-order valence-corrected chi connectivity index (χ1v) is 4.61. The molecule has 0 aromatic carbocycles. The molecule has 1 aliphatic heterocycles. The summed E-state index contributed by atoms with van der Waals surface area (Å²) in [4.78, 5) is 11.2. The van der Waals surface area contributed by atoms with Crippen molar-refractivity contribution < 1.29 is 4.79 Å². The normalized spacial score (nSPS) is 21.2. The second-order valence-electron chi connectivity index (χ2n) is 3.75. The van der Waals surface area contributed by atoms with Crippen molar-refractivity contribution >= 4 is 5.78 Å². The van der Waals surface area contributed by atoms with Gasteiger partial charge in [0.2, 0.25) is 0 Å². The molecule has 0 saturated heterocycles. The number of hydrogen-bond acceptors (Lipinski definition) is 3. The monoisotopic (exact) mass is 179 g/mol. The lowest BCUT2D eigenvalue weighted by Crippen LogP contribution is -2.21. The summed E-state index contributed by atoms with van der Waals surface area (Å²) in [6, 6.07) is 0. The van der Waals surface area contributed by atoms with E-state index in [1.54, 1.807) is 0 Å². The molecule has 1 atom stereocenters. The highest BCUT2D eigenvalue weighted by Gasteiger charge is 2.21. The second-order valence-corrected chi connectivity index (χ2v) is 3.75. The Labute approximate surface area is 77.0 Å². The Bertz CT molecular complexity index is 343. The average molecular weight is 179 g/mol. The molecule has 0 amide bonds. The third-order valence-electron chi connectivity index (χ3n) is 2.50. The molecule has 0 spiro atoms. The molecule has 0 bridgehead atoms. The maximum absolute atomic E-state index is 11.2. The zero-order chi connectivity index (χ0) is 9.42. The summed E-state index contributed by atoms with van der Waals surface area (Å²) in [6.45, 7) is 4.61. The lowest BCUT2D eigenvalue weighted by molar-refractivity contribution is 0.0997. The summed E-state index contributed by atoms with van der Waals surface area (Å²) < 4.78 is 1.95. The fourth-order valence-electron chi connectivity index (χ4n) is 1.75. The van der Waals surface area contributed by atoms with Crippen molar-refractivity contribution in [2.45, 2.75) is 33.2 Å². The summed E-state index contributed by atoms with van der Waals surface area (Å²) >= 11 is 0. The Hall–Kier alpha value is -1.19. The van der Waals surface area contributed by atoms with Gasteiger partial charge in [0.05, 0.1) is 0 Å². The minimum Gasteiger partial charge on any atom is -0.308 e. The van der Waals surface area contributed by atoms with Crippen LogP contribution in [0.15, 0.2) is 0 Å². The maximum Gasteiger partial charge on any atom is 0.199 e. The van der Waals surface area contributed by atoms with Crippen molar-refractivity contribution in [3.8, 4) is 0 Å². The van der Waals surface area contributed by atoms with Gasteiger partial charge in [0.1, 0.15) is 5.82 Å². The zero-order valence-electron chi connectivity index (χ0n) is 7.95. The average Bonchev–Trinajstić information content (AvgIpc) is 2.46. The molecule has 0 fully saturated rings. The topological polar surface area (TPSA) is 47.8 Å². The molecule has 0 saturated carbocycles. The maximum atomic E-state index is 11.2. The van der Waals surface area contributed by atoms with Crippen molar-refractivity contribution in [3.63, 3.8) is 0 Å². The van der Waals surface area contributed by atoms with E-state index in [9.17, 15) is 4.79 Å². The molecule has 1 unspecified atom stereocenters. The number of ketones is 1. The van der Waals surface area contributed by atoms with E-state index >= 15 is 0 Å². The van der Waals surface area contributed by atoms with Crippen LogP contribution < -0.4 is 0 Å². The van der Waals surface area contributed by atoms with Crippen molar-refractivity contribution in [2.24, 2.45) is 5.92 Å². The third-order valence-corrected chi connectivity index (χ3v) is 2.50. The highest BCUT2D eigenvalue weighted by molar-refractivity contribution is 5.90. The van der Waals surface area contributed by atoms with Crippen LogP contribution in [0.25, 0.3) is 0 Å². The lowest BCUT2D eigenvalue weighted by Gasteiger charge is -2.19. The van der Waals surface area contributed by atoms with Gasteiger partial charge < -0.3 is 4.57 Å². The number of nitrogens with zero attached hydrogens (tertiary/aromatic N) is 3. The third kappa shape index (κ3) is 1.36.